The Kier molecular flexibility index (Phi) is 5.69. The van der Waals surface area contributed by atoms with E-state index in [1.807, 2.05) is 36.4 Å². The maximum atomic E-state index is 6.28. The van der Waals surface area contributed by atoms with E-state index in [0.717, 1.165) is 5.56 Å². The molecule has 0 saturated heterocycles. The van der Waals surface area contributed by atoms with Gasteiger partial charge in [-0.25, -0.2) is 0 Å². The van der Waals surface area contributed by atoms with E-state index >= 15 is 0 Å². The van der Waals surface area contributed by atoms with Crippen molar-refractivity contribution < 1.29 is 8.50 Å². The van der Waals surface area contributed by atoms with Gasteiger partial charge in [0.25, 0.3) is 0 Å². The number of ether oxygens (including phenoxy) is 1. The number of benzene rings is 1. The summed E-state index contributed by atoms with van der Waals surface area (Å²) in [6.07, 6.45) is 3.43. The Morgan fingerprint density at radius 2 is 1.81 bits per heavy atom. The van der Waals surface area contributed by atoms with Gasteiger partial charge in [0.2, 0.25) is 0 Å². The first-order valence-electron chi connectivity index (χ1n) is 4.79. The van der Waals surface area contributed by atoms with Crippen LogP contribution in [-0.2, 0) is 8.50 Å². The molecule has 0 radical (unpaired) electrons. The van der Waals surface area contributed by atoms with Crippen LogP contribution in [0.5, 0.6) is 0 Å². The van der Waals surface area contributed by atoms with Crippen molar-refractivity contribution >= 4 is 31.8 Å². The SMILES string of the molecule is CO/C=C\[CH](c1ccccc1)[Ge]([Cl])([Cl])[O]C. The van der Waals surface area contributed by atoms with Gasteiger partial charge in [-0.05, 0) is 0 Å². The molecular formula is C11H14Cl2GeO2. The molecule has 0 N–H and O–H groups in total. The van der Waals surface area contributed by atoms with Gasteiger partial charge in [0.1, 0.15) is 0 Å². The molecule has 1 rings (SSSR count). The molecule has 0 aliphatic rings. The van der Waals surface area contributed by atoms with Crippen LogP contribution in [0.2, 0.25) is 0 Å². The summed E-state index contributed by atoms with van der Waals surface area (Å²) in [6.45, 7) is 0. The third-order valence-corrected chi connectivity index (χ3v) is 10.0. The fraction of sp³-hybridized carbons (Fsp3) is 0.273. The van der Waals surface area contributed by atoms with Crippen molar-refractivity contribution in [1.82, 2.24) is 0 Å². The van der Waals surface area contributed by atoms with E-state index in [1.54, 1.807) is 20.5 Å². The zero-order chi connectivity index (χ0) is 12.0. The van der Waals surface area contributed by atoms with Crippen molar-refractivity contribution in [2.24, 2.45) is 0 Å². The van der Waals surface area contributed by atoms with Crippen LogP contribution in [0.3, 0.4) is 0 Å². The third-order valence-electron chi connectivity index (χ3n) is 2.20. The van der Waals surface area contributed by atoms with E-state index in [0.29, 0.717) is 0 Å². The first kappa shape index (κ1) is 13.9. The van der Waals surface area contributed by atoms with Crippen LogP contribution in [0, 0.1) is 0 Å². The molecule has 0 fully saturated rings. The Labute approximate surface area is 107 Å². The molecular weight excluding hydrogens is 308 g/mol. The zero-order valence-electron chi connectivity index (χ0n) is 9.19. The van der Waals surface area contributed by atoms with Crippen molar-refractivity contribution in [1.29, 1.82) is 0 Å². The van der Waals surface area contributed by atoms with E-state index < -0.39 is 11.7 Å². The van der Waals surface area contributed by atoms with Crippen molar-refractivity contribution in [3.05, 3.63) is 48.2 Å². The Bertz CT molecular complexity index is 341. The summed E-state index contributed by atoms with van der Waals surface area (Å²) in [7, 11) is 15.7. The van der Waals surface area contributed by atoms with Crippen LogP contribution < -0.4 is 0 Å². The molecule has 0 amide bonds. The molecule has 1 atom stereocenters. The maximum absolute atomic E-state index is 6.28. The molecule has 0 aliphatic carbocycles. The normalized spacial score (nSPS) is 14.0. The Morgan fingerprint density at radius 3 is 2.31 bits per heavy atom. The second kappa shape index (κ2) is 6.55. The number of rotatable bonds is 5. The van der Waals surface area contributed by atoms with E-state index in [4.69, 9.17) is 28.5 Å². The van der Waals surface area contributed by atoms with Gasteiger partial charge in [0, 0.05) is 0 Å². The first-order valence-corrected chi connectivity index (χ1v) is 12.4. The third kappa shape index (κ3) is 3.70. The van der Waals surface area contributed by atoms with Crippen molar-refractivity contribution in [2.75, 3.05) is 14.2 Å². The molecule has 0 aliphatic heterocycles. The minimum absolute atomic E-state index is 0.102. The standard InChI is InChI=1S/C11H14Cl2GeO2/c1-15-9-8-11(14(12,13)16-2)10-6-4-3-5-7-10/h3-9,11H,1-2H3/b9-8-. The summed E-state index contributed by atoms with van der Waals surface area (Å²) in [5.74, 6) is 0. The Hall–Kier alpha value is -0.157. The molecule has 1 aromatic carbocycles. The molecule has 16 heavy (non-hydrogen) atoms. The van der Waals surface area contributed by atoms with E-state index in [1.165, 1.54) is 0 Å². The van der Waals surface area contributed by atoms with Gasteiger partial charge in [-0.1, -0.05) is 0 Å². The van der Waals surface area contributed by atoms with Gasteiger partial charge in [0.15, 0.2) is 0 Å². The molecule has 2 nitrogen and oxygen atoms in total. The van der Waals surface area contributed by atoms with Gasteiger partial charge >= 0.3 is 107 Å². The quantitative estimate of drug-likeness (QED) is 0.610. The average Bonchev–Trinajstić information content (AvgIpc) is 2.31. The summed E-state index contributed by atoms with van der Waals surface area (Å²) < 4.78 is 10.1. The number of allylic oxidation sites excluding steroid dienone is 1. The van der Waals surface area contributed by atoms with Crippen molar-refractivity contribution in [3.8, 4) is 0 Å². The van der Waals surface area contributed by atoms with E-state index in [2.05, 4.69) is 0 Å². The second-order valence-electron chi connectivity index (χ2n) is 3.22. The monoisotopic (exact) mass is 322 g/mol. The van der Waals surface area contributed by atoms with Crippen LogP contribution in [-0.4, -0.2) is 26.0 Å². The summed E-state index contributed by atoms with van der Waals surface area (Å²) in [5.41, 5.74) is 1.04. The van der Waals surface area contributed by atoms with Gasteiger partial charge in [0.05, 0.1) is 0 Å². The second-order valence-corrected chi connectivity index (χ2v) is 14.6. The predicted octanol–water partition coefficient (Wildman–Crippen LogP) is 3.53. The van der Waals surface area contributed by atoms with Crippen LogP contribution in [0.25, 0.3) is 0 Å². The van der Waals surface area contributed by atoms with Crippen molar-refractivity contribution in [2.45, 2.75) is 4.75 Å². The molecule has 0 heterocycles. The van der Waals surface area contributed by atoms with Gasteiger partial charge in [-0.15, -0.1) is 0 Å². The van der Waals surface area contributed by atoms with Crippen LogP contribution in [0.1, 0.15) is 10.3 Å². The molecule has 0 aromatic heterocycles. The van der Waals surface area contributed by atoms with Gasteiger partial charge in [-0.2, -0.15) is 0 Å². The molecule has 88 valence electrons. The van der Waals surface area contributed by atoms with Gasteiger partial charge in [-0.3, -0.25) is 0 Å². The Balaban J connectivity index is 3.01. The zero-order valence-corrected chi connectivity index (χ0v) is 12.8. The van der Waals surface area contributed by atoms with Crippen LogP contribution >= 0.6 is 20.0 Å². The molecule has 1 unspecified atom stereocenters. The van der Waals surface area contributed by atoms with E-state index in [9.17, 15) is 0 Å². The van der Waals surface area contributed by atoms with Crippen molar-refractivity contribution in [3.63, 3.8) is 0 Å². The summed E-state index contributed by atoms with van der Waals surface area (Å²) in [4.78, 5) is 0. The Morgan fingerprint density at radius 1 is 1.19 bits per heavy atom. The fourth-order valence-corrected chi connectivity index (χ4v) is 5.81. The number of hydrogen-bond donors (Lipinski definition) is 0. The summed E-state index contributed by atoms with van der Waals surface area (Å²) >= 11 is -3.33. The summed E-state index contributed by atoms with van der Waals surface area (Å²) in [6, 6.07) is 9.81. The topological polar surface area (TPSA) is 18.5 Å². The van der Waals surface area contributed by atoms with E-state index in [-0.39, 0.29) is 4.75 Å². The fourth-order valence-electron chi connectivity index (χ4n) is 1.36. The first-order chi connectivity index (χ1) is 7.61. The number of hydrogen-bond acceptors (Lipinski definition) is 2. The summed E-state index contributed by atoms with van der Waals surface area (Å²) in [5, 5.41) is 0. The number of methoxy groups -OCH3 is 1. The molecule has 0 bridgehead atoms. The van der Waals surface area contributed by atoms with Crippen LogP contribution in [0.4, 0.5) is 0 Å². The molecule has 0 saturated carbocycles. The van der Waals surface area contributed by atoms with Gasteiger partial charge < -0.3 is 0 Å². The van der Waals surface area contributed by atoms with Crippen LogP contribution in [0.15, 0.2) is 42.7 Å². The molecule has 5 heteroatoms. The minimum atomic E-state index is -3.33. The number of halogens is 2. The molecule has 0 spiro atoms. The average molecular weight is 322 g/mol. The molecule has 1 aromatic rings. The predicted molar refractivity (Wildman–Crippen MR) is 69.8 cm³/mol.